The van der Waals surface area contributed by atoms with Crippen molar-refractivity contribution in [1.29, 1.82) is 0 Å². The number of aromatic carboxylic acids is 1. The Hall–Kier alpha value is -4.77. The van der Waals surface area contributed by atoms with Gasteiger partial charge in [0.15, 0.2) is 11.6 Å². The molecule has 1 atom stereocenters. The molecule has 1 spiro atoms. The van der Waals surface area contributed by atoms with E-state index in [1.165, 1.54) is 17.5 Å². The largest absolute Gasteiger partial charge is 0.487 e. The molecule has 7 rings (SSSR count). The van der Waals surface area contributed by atoms with Crippen molar-refractivity contribution in [3.05, 3.63) is 83.1 Å². The van der Waals surface area contributed by atoms with Crippen molar-refractivity contribution >= 4 is 39.2 Å². The van der Waals surface area contributed by atoms with E-state index in [1.54, 1.807) is 23.1 Å². The number of amides is 1. The fourth-order valence-electron chi connectivity index (χ4n) is 6.11. The molecule has 5 aromatic rings. The zero-order valence-electron chi connectivity index (χ0n) is 22.9. The Balaban J connectivity index is 1.07. The number of rotatable bonds is 4. The smallest absolute Gasteiger partial charge is 0.337 e. The summed E-state index contributed by atoms with van der Waals surface area (Å²) in [4.78, 5) is 36.8. The molecule has 0 radical (unpaired) electrons. The minimum absolute atomic E-state index is 0.0101. The number of anilines is 1. The van der Waals surface area contributed by atoms with Gasteiger partial charge >= 0.3 is 5.97 Å². The molecule has 0 bridgehead atoms. The van der Waals surface area contributed by atoms with Crippen LogP contribution in [0.1, 0.15) is 57.7 Å². The van der Waals surface area contributed by atoms with Crippen LogP contribution in [0.4, 0.5) is 5.82 Å². The molecule has 0 aliphatic carbocycles. The highest BCUT2D eigenvalue weighted by molar-refractivity contribution is 7.20. The number of fused-ring (bicyclic) bond motifs is 2. The molecule has 0 saturated carbocycles. The molecule has 4 aromatic heterocycles. The zero-order chi connectivity index (χ0) is 29.0. The van der Waals surface area contributed by atoms with E-state index >= 15 is 0 Å². The number of likely N-dealkylation sites (tertiary alicyclic amines) is 1. The summed E-state index contributed by atoms with van der Waals surface area (Å²) in [6.07, 6.45) is 7.05. The van der Waals surface area contributed by atoms with E-state index in [4.69, 9.17) is 10.5 Å². The lowest BCUT2D eigenvalue weighted by atomic mass is 9.77. The number of nitrogens with two attached hydrogens (primary N) is 1. The van der Waals surface area contributed by atoms with Crippen LogP contribution in [0.3, 0.4) is 0 Å². The second-order valence-electron chi connectivity index (χ2n) is 11.0. The van der Waals surface area contributed by atoms with Gasteiger partial charge in [-0.05, 0) is 59.9 Å². The van der Waals surface area contributed by atoms with Crippen LogP contribution < -0.4 is 10.5 Å². The number of nitrogen functional groups attached to an aromatic ring is 1. The van der Waals surface area contributed by atoms with E-state index in [0.717, 1.165) is 51.9 Å². The standard InChI is InChI=1S/C31H28N6O4S/c1-18-15-31(41-24-6-5-19(13-22(18)24)20-12-21(30(39)40)17-33-16-20)7-10-36(11-8-31)28(38)25-14-23-27(32)35-37(29(23)42-25)26-4-2-3-9-34-26/h2-6,9,12-14,16-18H,7-8,10-11,15H2,1H3,(H2,32,35)(H,39,40). The molecule has 6 heterocycles. The molecule has 3 N–H and O–H groups in total. The van der Waals surface area contributed by atoms with Crippen LogP contribution in [0.25, 0.3) is 27.2 Å². The number of nitrogens with zero attached hydrogens (tertiary/aromatic N) is 5. The number of benzene rings is 1. The normalized spacial score (nSPS) is 17.6. The van der Waals surface area contributed by atoms with Gasteiger partial charge in [0.2, 0.25) is 0 Å². The first-order chi connectivity index (χ1) is 20.3. The first-order valence-corrected chi connectivity index (χ1v) is 14.6. The van der Waals surface area contributed by atoms with Crippen molar-refractivity contribution in [2.75, 3.05) is 18.8 Å². The van der Waals surface area contributed by atoms with Gasteiger partial charge in [-0.15, -0.1) is 16.4 Å². The first-order valence-electron chi connectivity index (χ1n) is 13.8. The summed E-state index contributed by atoms with van der Waals surface area (Å²) in [5.74, 6) is 1.11. The van der Waals surface area contributed by atoms with Crippen LogP contribution in [0.15, 0.2) is 67.1 Å². The number of hydrogen-bond acceptors (Lipinski definition) is 8. The van der Waals surface area contributed by atoms with E-state index in [9.17, 15) is 14.7 Å². The number of pyridine rings is 2. The molecule has 11 heteroatoms. The topological polar surface area (TPSA) is 136 Å². The average Bonchev–Trinajstić information content (AvgIpc) is 3.58. The Kier molecular flexibility index (Phi) is 6.19. The van der Waals surface area contributed by atoms with Crippen molar-refractivity contribution in [1.82, 2.24) is 24.6 Å². The quantitative estimate of drug-likeness (QED) is 0.289. The maximum atomic E-state index is 13.6. The number of carboxylic acids is 1. The van der Waals surface area contributed by atoms with Crippen molar-refractivity contribution in [3.63, 3.8) is 0 Å². The molecule has 2 aliphatic rings. The van der Waals surface area contributed by atoms with Gasteiger partial charge in [0.05, 0.1) is 15.8 Å². The van der Waals surface area contributed by atoms with Gasteiger partial charge in [0.1, 0.15) is 16.2 Å². The minimum atomic E-state index is -1.00. The highest BCUT2D eigenvalue weighted by Gasteiger charge is 2.43. The summed E-state index contributed by atoms with van der Waals surface area (Å²) in [7, 11) is 0. The number of thiophene rings is 1. The molecule has 1 amide bonds. The number of piperidine rings is 1. The predicted molar refractivity (Wildman–Crippen MR) is 159 cm³/mol. The Bertz CT molecular complexity index is 1840. The molecule has 1 aromatic carbocycles. The summed E-state index contributed by atoms with van der Waals surface area (Å²) in [6.45, 7) is 3.40. The fraction of sp³-hybridized carbons (Fsp3) is 0.258. The number of ether oxygens (including phenoxy) is 1. The lowest BCUT2D eigenvalue weighted by molar-refractivity contribution is -0.0163. The van der Waals surface area contributed by atoms with Gasteiger partial charge < -0.3 is 20.5 Å². The third-order valence-corrected chi connectivity index (χ3v) is 9.39. The maximum Gasteiger partial charge on any atom is 0.337 e. The fourth-order valence-corrected chi connectivity index (χ4v) is 7.21. The molecule has 1 unspecified atom stereocenters. The minimum Gasteiger partial charge on any atom is -0.487 e. The van der Waals surface area contributed by atoms with Crippen LogP contribution in [-0.2, 0) is 0 Å². The summed E-state index contributed by atoms with van der Waals surface area (Å²) in [6, 6.07) is 15.1. The molecule has 2 aliphatic heterocycles. The monoisotopic (exact) mass is 580 g/mol. The number of carbonyl (C=O) groups is 2. The van der Waals surface area contributed by atoms with Crippen molar-refractivity contribution < 1.29 is 19.4 Å². The van der Waals surface area contributed by atoms with Crippen molar-refractivity contribution in [2.45, 2.75) is 37.7 Å². The Morgan fingerprint density at radius 1 is 1.10 bits per heavy atom. The summed E-state index contributed by atoms with van der Waals surface area (Å²) >= 11 is 1.38. The molecule has 42 heavy (non-hydrogen) atoms. The van der Waals surface area contributed by atoms with Crippen LogP contribution in [0, 0.1) is 0 Å². The van der Waals surface area contributed by atoms with Crippen molar-refractivity contribution in [2.24, 2.45) is 0 Å². The Morgan fingerprint density at radius 3 is 2.69 bits per heavy atom. The number of hydrogen-bond donors (Lipinski definition) is 2. The Labute approximate surface area is 245 Å². The summed E-state index contributed by atoms with van der Waals surface area (Å²) < 4.78 is 8.34. The van der Waals surface area contributed by atoms with E-state index in [-0.39, 0.29) is 23.0 Å². The first kappa shape index (κ1) is 26.1. The van der Waals surface area contributed by atoms with E-state index < -0.39 is 5.97 Å². The Morgan fingerprint density at radius 2 is 1.93 bits per heavy atom. The predicted octanol–water partition coefficient (Wildman–Crippen LogP) is 5.39. The van der Waals surface area contributed by atoms with Gasteiger partial charge in [0, 0.05) is 50.1 Å². The number of carbonyl (C=O) groups excluding carboxylic acids is 1. The average molecular weight is 581 g/mol. The second kappa shape index (κ2) is 9.95. The summed E-state index contributed by atoms with van der Waals surface area (Å²) in [5, 5.41) is 14.5. The van der Waals surface area contributed by atoms with E-state index in [1.807, 2.05) is 41.3 Å². The molecule has 1 saturated heterocycles. The number of aromatic nitrogens is 4. The van der Waals surface area contributed by atoms with Gasteiger partial charge in [-0.3, -0.25) is 9.78 Å². The van der Waals surface area contributed by atoms with Gasteiger partial charge in [-0.2, -0.15) is 0 Å². The molecular formula is C31H28N6O4S. The number of carboxylic acid groups (broad SMARTS) is 1. The highest BCUT2D eigenvalue weighted by Crippen LogP contribution is 2.46. The lowest BCUT2D eigenvalue weighted by Gasteiger charge is -2.46. The molecule has 10 nitrogen and oxygen atoms in total. The highest BCUT2D eigenvalue weighted by atomic mass is 32.1. The van der Waals surface area contributed by atoms with Crippen molar-refractivity contribution in [3.8, 4) is 22.7 Å². The van der Waals surface area contributed by atoms with Crippen LogP contribution >= 0.6 is 11.3 Å². The van der Waals surface area contributed by atoms with E-state index in [2.05, 4.69) is 28.1 Å². The van der Waals surface area contributed by atoms with Gasteiger partial charge in [-0.1, -0.05) is 19.1 Å². The third kappa shape index (κ3) is 4.46. The van der Waals surface area contributed by atoms with Gasteiger partial charge in [0.25, 0.3) is 5.91 Å². The lowest BCUT2D eigenvalue weighted by Crippen LogP contribution is -2.51. The van der Waals surface area contributed by atoms with Crippen LogP contribution in [0.2, 0.25) is 0 Å². The zero-order valence-corrected chi connectivity index (χ0v) is 23.7. The molecular weight excluding hydrogens is 552 g/mol. The van der Waals surface area contributed by atoms with E-state index in [0.29, 0.717) is 29.6 Å². The third-order valence-electron chi connectivity index (χ3n) is 8.29. The van der Waals surface area contributed by atoms with Gasteiger partial charge in [-0.25, -0.2) is 14.5 Å². The molecule has 1 fully saturated rings. The van der Waals surface area contributed by atoms with Crippen LogP contribution in [0.5, 0.6) is 5.75 Å². The second-order valence-corrected chi connectivity index (χ2v) is 12.0. The van der Waals surface area contributed by atoms with Crippen LogP contribution in [-0.4, -0.2) is 60.3 Å². The maximum absolute atomic E-state index is 13.6. The summed E-state index contributed by atoms with van der Waals surface area (Å²) in [5.41, 5.74) is 8.78. The molecule has 212 valence electrons. The SMILES string of the molecule is CC1CC2(CCN(C(=O)c3cc4c(N)nn(-c5ccccn5)c4s3)CC2)Oc2ccc(-c3cncc(C(=O)O)c3)cc21.